The van der Waals surface area contributed by atoms with Gasteiger partial charge >= 0.3 is 0 Å². The Balaban J connectivity index is 1.69. The van der Waals surface area contributed by atoms with Gasteiger partial charge in [0, 0.05) is 50.9 Å². The maximum absolute atomic E-state index is 4.12. The summed E-state index contributed by atoms with van der Waals surface area (Å²) in [5.74, 6) is 0. The van der Waals surface area contributed by atoms with Crippen molar-refractivity contribution >= 4 is 41.2 Å². The standard InChI is InChI=1S/C16H17IN2S/c1-11-9-16(12(11)2)19(20-17)8-7-13-10-18-15-6-4-3-5-14(13)15/h3-6,10,16,18H,1-2,7-9H2. The summed E-state index contributed by atoms with van der Waals surface area (Å²) in [6.07, 6.45) is 4.24. The maximum Gasteiger partial charge on any atom is 0.0496 e. The van der Waals surface area contributed by atoms with Crippen LogP contribution in [0.1, 0.15) is 12.0 Å². The van der Waals surface area contributed by atoms with Crippen molar-refractivity contribution in [2.45, 2.75) is 18.9 Å². The van der Waals surface area contributed by atoms with Crippen LogP contribution in [0.2, 0.25) is 0 Å². The SMILES string of the molecule is C=C1CC(N(CCc2c[nH]c3ccccc23)SI)C1=C. The minimum atomic E-state index is 0.467. The second-order valence-electron chi connectivity index (χ2n) is 5.17. The molecule has 2 aromatic rings. The first kappa shape index (κ1) is 14.2. The molecule has 0 bridgehead atoms. The summed E-state index contributed by atoms with van der Waals surface area (Å²) < 4.78 is 2.42. The average Bonchev–Trinajstić information content (AvgIpc) is 2.90. The topological polar surface area (TPSA) is 19.0 Å². The van der Waals surface area contributed by atoms with Gasteiger partial charge < -0.3 is 4.98 Å². The number of aromatic nitrogens is 1. The van der Waals surface area contributed by atoms with Crippen LogP contribution in [0.15, 0.2) is 54.8 Å². The number of hydrogen-bond acceptors (Lipinski definition) is 2. The molecule has 1 N–H and O–H groups in total. The van der Waals surface area contributed by atoms with E-state index >= 15 is 0 Å². The van der Waals surface area contributed by atoms with E-state index in [1.54, 1.807) is 9.12 Å². The third-order valence-electron chi connectivity index (χ3n) is 4.01. The fourth-order valence-electron chi connectivity index (χ4n) is 2.68. The van der Waals surface area contributed by atoms with Gasteiger partial charge in [0.05, 0.1) is 0 Å². The first-order chi connectivity index (χ1) is 9.70. The zero-order valence-electron chi connectivity index (χ0n) is 11.2. The van der Waals surface area contributed by atoms with Crippen molar-refractivity contribution in [2.24, 2.45) is 0 Å². The van der Waals surface area contributed by atoms with E-state index in [9.17, 15) is 0 Å². The molecule has 0 spiro atoms. The van der Waals surface area contributed by atoms with E-state index in [0.29, 0.717) is 6.04 Å². The van der Waals surface area contributed by atoms with Crippen molar-refractivity contribution in [3.8, 4) is 0 Å². The third-order valence-corrected chi connectivity index (χ3v) is 6.14. The minimum Gasteiger partial charge on any atom is -0.361 e. The Hall–Kier alpha value is -0.720. The molecule has 1 aromatic heterocycles. The van der Waals surface area contributed by atoms with E-state index in [-0.39, 0.29) is 0 Å². The summed E-state index contributed by atoms with van der Waals surface area (Å²) >= 11 is 2.36. The number of H-pyrrole nitrogens is 1. The van der Waals surface area contributed by atoms with E-state index in [1.807, 2.05) is 0 Å². The van der Waals surface area contributed by atoms with Crippen molar-refractivity contribution in [3.63, 3.8) is 0 Å². The highest BCUT2D eigenvalue weighted by molar-refractivity contribution is 14.2. The molecule has 104 valence electrons. The van der Waals surface area contributed by atoms with Crippen molar-refractivity contribution in [1.29, 1.82) is 0 Å². The van der Waals surface area contributed by atoms with Crippen LogP contribution in [0, 0.1) is 0 Å². The monoisotopic (exact) mass is 396 g/mol. The predicted octanol–water partition coefficient (Wildman–Crippen LogP) is 4.90. The molecule has 1 aromatic carbocycles. The molecule has 1 aliphatic carbocycles. The van der Waals surface area contributed by atoms with Crippen molar-refractivity contribution < 1.29 is 0 Å². The van der Waals surface area contributed by atoms with Crippen LogP contribution in [0.25, 0.3) is 10.9 Å². The van der Waals surface area contributed by atoms with Gasteiger partial charge in [-0.2, -0.15) is 0 Å². The van der Waals surface area contributed by atoms with Crippen LogP contribution in [0.4, 0.5) is 0 Å². The molecule has 1 atom stereocenters. The van der Waals surface area contributed by atoms with Gasteiger partial charge in [0.2, 0.25) is 0 Å². The highest BCUT2D eigenvalue weighted by atomic mass is 127. The molecule has 2 nitrogen and oxygen atoms in total. The lowest BCUT2D eigenvalue weighted by molar-refractivity contribution is 0.365. The Morgan fingerprint density at radius 2 is 2.15 bits per heavy atom. The van der Waals surface area contributed by atoms with Gasteiger partial charge in [-0.1, -0.05) is 31.4 Å². The van der Waals surface area contributed by atoms with Gasteiger partial charge in [0.1, 0.15) is 0 Å². The molecule has 1 aliphatic rings. The second kappa shape index (κ2) is 5.95. The summed E-state index contributed by atoms with van der Waals surface area (Å²) in [5.41, 5.74) is 5.02. The van der Waals surface area contributed by atoms with Gasteiger partial charge in [-0.3, -0.25) is 0 Å². The zero-order chi connectivity index (χ0) is 14.1. The van der Waals surface area contributed by atoms with Crippen LogP contribution in [-0.4, -0.2) is 21.9 Å². The molecule has 1 fully saturated rings. The van der Waals surface area contributed by atoms with Crippen LogP contribution in [0.3, 0.4) is 0 Å². The van der Waals surface area contributed by atoms with E-state index < -0.39 is 0 Å². The second-order valence-corrected chi connectivity index (χ2v) is 6.96. The molecular weight excluding hydrogens is 379 g/mol. The lowest BCUT2D eigenvalue weighted by Crippen LogP contribution is -2.39. The third kappa shape index (κ3) is 2.56. The zero-order valence-corrected chi connectivity index (χ0v) is 14.2. The number of hydrogen-bond donors (Lipinski definition) is 1. The van der Waals surface area contributed by atoms with Crippen molar-refractivity contribution in [1.82, 2.24) is 9.29 Å². The number of nitrogens with one attached hydrogen (secondary N) is 1. The average molecular weight is 396 g/mol. The normalized spacial score (nSPS) is 18.8. The molecule has 1 saturated carbocycles. The Kier molecular flexibility index (Phi) is 4.23. The molecule has 0 amide bonds. The highest BCUT2D eigenvalue weighted by Gasteiger charge is 2.31. The number of para-hydroxylation sites is 1. The van der Waals surface area contributed by atoms with Crippen molar-refractivity contribution in [2.75, 3.05) is 6.54 Å². The van der Waals surface area contributed by atoms with E-state index in [4.69, 9.17) is 0 Å². The van der Waals surface area contributed by atoms with Crippen molar-refractivity contribution in [3.05, 3.63) is 60.3 Å². The number of aromatic amines is 1. The Labute approximate surface area is 136 Å². The molecule has 0 aliphatic heterocycles. The van der Waals surface area contributed by atoms with Gasteiger partial charge in [-0.25, -0.2) is 4.31 Å². The first-order valence-electron chi connectivity index (χ1n) is 6.68. The highest BCUT2D eigenvalue weighted by Crippen LogP contribution is 2.39. The van der Waals surface area contributed by atoms with E-state index in [0.717, 1.165) is 19.4 Å². The molecule has 1 unspecified atom stereocenters. The van der Waals surface area contributed by atoms with Gasteiger partial charge in [0.15, 0.2) is 0 Å². The molecular formula is C16H17IN2S. The van der Waals surface area contributed by atoms with Gasteiger partial charge in [-0.15, -0.1) is 0 Å². The number of fused-ring (bicyclic) bond motifs is 1. The Morgan fingerprint density at radius 1 is 1.35 bits per heavy atom. The molecule has 0 saturated heterocycles. The fraction of sp³-hybridized carbons (Fsp3) is 0.250. The molecule has 20 heavy (non-hydrogen) atoms. The molecule has 1 heterocycles. The predicted molar refractivity (Wildman–Crippen MR) is 97.0 cm³/mol. The lowest BCUT2D eigenvalue weighted by atomic mass is 9.82. The number of halogens is 1. The molecule has 3 rings (SSSR count). The van der Waals surface area contributed by atoms with Gasteiger partial charge in [0.25, 0.3) is 0 Å². The van der Waals surface area contributed by atoms with Crippen LogP contribution in [0.5, 0.6) is 0 Å². The summed E-state index contributed by atoms with van der Waals surface area (Å²) in [5, 5.41) is 1.34. The fourth-order valence-corrected chi connectivity index (χ4v) is 4.55. The number of nitrogens with zero attached hydrogens (tertiary/aromatic N) is 1. The van der Waals surface area contributed by atoms with Crippen LogP contribution in [-0.2, 0) is 6.42 Å². The lowest BCUT2D eigenvalue weighted by Gasteiger charge is -2.39. The number of benzene rings is 1. The van der Waals surface area contributed by atoms with E-state index in [1.165, 1.54) is 27.6 Å². The smallest absolute Gasteiger partial charge is 0.0496 e. The van der Waals surface area contributed by atoms with Gasteiger partial charge in [-0.05, 0) is 44.7 Å². The minimum absolute atomic E-state index is 0.467. The Bertz CT molecular complexity index is 661. The molecule has 4 heteroatoms. The molecule has 0 radical (unpaired) electrons. The first-order valence-corrected chi connectivity index (χ1v) is 9.99. The largest absolute Gasteiger partial charge is 0.361 e. The Morgan fingerprint density at radius 3 is 2.85 bits per heavy atom. The summed E-state index contributed by atoms with van der Waals surface area (Å²) in [6.45, 7) is 9.17. The van der Waals surface area contributed by atoms with Crippen LogP contribution < -0.4 is 0 Å². The summed E-state index contributed by atoms with van der Waals surface area (Å²) in [6, 6.07) is 8.95. The number of rotatable bonds is 5. The van der Waals surface area contributed by atoms with E-state index in [2.05, 4.69) is 74.1 Å². The summed E-state index contributed by atoms with van der Waals surface area (Å²) in [7, 11) is 1.78. The maximum atomic E-state index is 4.12. The van der Waals surface area contributed by atoms with Crippen LogP contribution >= 0.6 is 30.3 Å². The summed E-state index contributed by atoms with van der Waals surface area (Å²) in [4.78, 5) is 3.34. The quantitative estimate of drug-likeness (QED) is 0.573.